The highest BCUT2D eigenvalue weighted by Crippen LogP contribution is 2.36. The Labute approximate surface area is 151 Å². The molecule has 4 rings (SSSR count). The first-order chi connectivity index (χ1) is 12.7. The third kappa shape index (κ3) is 3.19. The van der Waals surface area contributed by atoms with Crippen LogP contribution in [0.25, 0.3) is 0 Å². The van der Waals surface area contributed by atoms with Gasteiger partial charge in [0, 0.05) is 25.3 Å². The minimum absolute atomic E-state index is 0.239. The van der Waals surface area contributed by atoms with Crippen molar-refractivity contribution < 1.29 is 9.47 Å². The summed E-state index contributed by atoms with van der Waals surface area (Å²) in [5.74, 6) is 2.65. The Balaban J connectivity index is 1.55. The molecule has 0 amide bonds. The van der Waals surface area contributed by atoms with Crippen LogP contribution in [0.5, 0.6) is 11.5 Å². The molecule has 7 heteroatoms. The van der Waals surface area contributed by atoms with E-state index >= 15 is 0 Å². The van der Waals surface area contributed by atoms with Crippen molar-refractivity contribution in [3.63, 3.8) is 0 Å². The average molecular weight is 349 g/mol. The normalized spacial score (nSPS) is 12.0. The lowest BCUT2D eigenvalue weighted by Crippen LogP contribution is -2.20. The maximum atomic E-state index is 6.31. The van der Waals surface area contributed by atoms with Crippen LogP contribution in [0.3, 0.4) is 0 Å². The molecule has 0 radical (unpaired) electrons. The van der Waals surface area contributed by atoms with Crippen molar-refractivity contribution in [2.24, 2.45) is 0 Å². The molecule has 7 nitrogen and oxygen atoms in total. The van der Waals surface area contributed by atoms with E-state index in [0.29, 0.717) is 29.6 Å². The van der Waals surface area contributed by atoms with E-state index in [1.807, 2.05) is 48.3 Å². The van der Waals surface area contributed by atoms with Gasteiger partial charge in [0.1, 0.15) is 12.0 Å². The van der Waals surface area contributed by atoms with Crippen molar-refractivity contribution in [2.75, 3.05) is 29.8 Å². The van der Waals surface area contributed by atoms with Gasteiger partial charge in [0.2, 0.25) is 6.79 Å². The smallest absolute Gasteiger partial charge is 0.231 e. The van der Waals surface area contributed by atoms with Crippen LogP contribution in [-0.2, 0) is 6.54 Å². The van der Waals surface area contributed by atoms with E-state index < -0.39 is 0 Å². The van der Waals surface area contributed by atoms with Crippen LogP contribution < -0.4 is 25.4 Å². The van der Waals surface area contributed by atoms with Gasteiger partial charge in [-0.2, -0.15) is 0 Å². The molecule has 0 saturated carbocycles. The summed E-state index contributed by atoms with van der Waals surface area (Å²) in [6.07, 6.45) is 1.50. The second-order valence-electron chi connectivity index (χ2n) is 5.99. The van der Waals surface area contributed by atoms with E-state index in [1.165, 1.54) is 11.9 Å². The summed E-state index contributed by atoms with van der Waals surface area (Å²) in [5, 5.41) is 3.22. The van der Waals surface area contributed by atoms with E-state index in [4.69, 9.17) is 15.2 Å². The van der Waals surface area contributed by atoms with Crippen molar-refractivity contribution in [3.8, 4) is 11.5 Å². The van der Waals surface area contributed by atoms with Crippen LogP contribution in [0.4, 0.5) is 23.0 Å². The number of ether oxygens (including phenoxy) is 2. The summed E-state index contributed by atoms with van der Waals surface area (Å²) in [6, 6.07) is 15.8. The fraction of sp³-hybridized carbons (Fsp3) is 0.158. The van der Waals surface area contributed by atoms with Gasteiger partial charge in [-0.3, -0.25) is 0 Å². The van der Waals surface area contributed by atoms with Crippen molar-refractivity contribution in [3.05, 3.63) is 60.4 Å². The molecule has 132 valence electrons. The largest absolute Gasteiger partial charge is 0.454 e. The van der Waals surface area contributed by atoms with Crippen LogP contribution in [0, 0.1) is 0 Å². The van der Waals surface area contributed by atoms with E-state index in [-0.39, 0.29) is 6.79 Å². The van der Waals surface area contributed by atoms with Crippen LogP contribution in [-0.4, -0.2) is 23.8 Å². The van der Waals surface area contributed by atoms with Crippen LogP contribution in [0.1, 0.15) is 5.56 Å². The Bertz CT molecular complexity index is 917. The third-order valence-corrected chi connectivity index (χ3v) is 4.12. The van der Waals surface area contributed by atoms with Gasteiger partial charge in [-0.25, -0.2) is 9.97 Å². The summed E-state index contributed by atoms with van der Waals surface area (Å²) in [5.41, 5.74) is 8.80. The molecule has 2 heterocycles. The maximum Gasteiger partial charge on any atom is 0.231 e. The van der Waals surface area contributed by atoms with Gasteiger partial charge >= 0.3 is 0 Å². The van der Waals surface area contributed by atoms with Crippen LogP contribution in [0.2, 0.25) is 0 Å². The molecule has 26 heavy (non-hydrogen) atoms. The van der Waals surface area contributed by atoms with E-state index in [1.54, 1.807) is 0 Å². The molecule has 0 aliphatic carbocycles. The first-order valence-corrected chi connectivity index (χ1v) is 8.23. The van der Waals surface area contributed by atoms with E-state index in [9.17, 15) is 0 Å². The molecule has 0 bridgehead atoms. The molecule has 3 aromatic rings. The number of rotatable bonds is 5. The quantitative estimate of drug-likeness (QED) is 0.732. The first kappa shape index (κ1) is 16.0. The molecule has 2 aromatic carbocycles. The highest BCUT2D eigenvalue weighted by atomic mass is 16.7. The maximum absolute atomic E-state index is 6.31. The Morgan fingerprint density at radius 2 is 1.88 bits per heavy atom. The standard InChI is InChI=1S/C19H19N5O2/c1-24(10-13-5-3-2-4-6-13)19-17(20)18(21-11-22-19)23-14-7-8-15-16(9-14)26-12-25-15/h2-9,11H,10,12,20H2,1H3,(H,21,22,23). The van der Waals surface area contributed by atoms with Gasteiger partial charge in [-0.15, -0.1) is 0 Å². The number of nitrogen functional groups attached to an aromatic ring is 1. The molecular weight excluding hydrogens is 330 g/mol. The number of benzene rings is 2. The number of nitrogens with one attached hydrogen (secondary N) is 1. The number of anilines is 4. The molecule has 0 atom stereocenters. The lowest BCUT2D eigenvalue weighted by atomic mass is 10.2. The predicted molar refractivity (Wildman–Crippen MR) is 101 cm³/mol. The number of aromatic nitrogens is 2. The molecular formula is C19H19N5O2. The molecule has 1 aliphatic rings. The summed E-state index contributed by atoms with van der Waals surface area (Å²) >= 11 is 0. The monoisotopic (exact) mass is 349 g/mol. The Kier molecular flexibility index (Phi) is 4.18. The zero-order valence-corrected chi connectivity index (χ0v) is 14.3. The number of nitrogens with two attached hydrogens (primary N) is 1. The van der Waals surface area contributed by atoms with Crippen molar-refractivity contribution in [1.29, 1.82) is 0 Å². The molecule has 0 saturated heterocycles. The summed E-state index contributed by atoms with van der Waals surface area (Å²) in [4.78, 5) is 10.6. The minimum Gasteiger partial charge on any atom is -0.454 e. The summed E-state index contributed by atoms with van der Waals surface area (Å²) < 4.78 is 10.7. The van der Waals surface area contributed by atoms with Crippen LogP contribution in [0.15, 0.2) is 54.9 Å². The number of hydrogen-bond donors (Lipinski definition) is 2. The summed E-state index contributed by atoms with van der Waals surface area (Å²) in [6.45, 7) is 0.939. The molecule has 1 aromatic heterocycles. The van der Waals surface area contributed by atoms with Gasteiger partial charge in [0.25, 0.3) is 0 Å². The van der Waals surface area contributed by atoms with E-state index in [2.05, 4.69) is 27.4 Å². The topological polar surface area (TPSA) is 85.5 Å². The Hall–Kier alpha value is -3.48. The van der Waals surface area contributed by atoms with Crippen LogP contribution >= 0.6 is 0 Å². The average Bonchev–Trinajstić information content (AvgIpc) is 3.12. The van der Waals surface area contributed by atoms with Gasteiger partial charge in [-0.1, -0.05) is 30.3 Å². The predicted octanol–water partition coefficient (Wildman–Crippen LogP) is 3.17. The molecule has 1 aliphatic heterocycles. The highest BCUT2D eigenvalue weighted by molar-refractivity contribution is 5.78. The zero-order chi connectivity index (χ0) is 17.9. The van der Waals surface area contributed by atoms with Crippen molar-refractivity contribution >= 4 is 23.0 Å². The Morgan fingerprint density at radius 3 is 2.73 bits per heavy atom. The van der Waals surface area contributed by atoms with Crippen molar-refractivity contribution in [1.82, 2.24) is 9.97 Å². The Morgan fingerprint density at radius 1 is 1.08 bits per heavy atom. The third-order valence-electron chi connectivity index (χ3n) is 4.12. The zero-order valence-electron chi connectivity index (χ0n) is 14.3. The fourth-order valence-corrected chi connectivity index (χ4v) is 2.83. The second kappa shape index (κ2) is 6.79. The molecule has 3 N–H and O–H groups in total. The first-order valence-electron chi connectivity index (χ1n) is 8.23. The van der Waals surface area contributed by atoms with Gasteiger partial charge in [-0.05, 0) is 17.7 Å². The minimum atomic E-state index is 0.239. The van der Waals surface area contributed by atoms with Gasteiger partial charge in [0.05, 0.1) is 0 Å². The number of fused-ring (bicyclic) bond motifs is 1. The summed E-state index contributed by atoms with van der Waals surface area (Å²) in [7, 11) is 1.95. The SMILES string of the molecule is CN(Cc1ccccc1)c1ncnc(Nc2ccc3c(c2)OCO3)c1N. The molecule has 0 unspecified atom stereocenters. The van der Waals surface area contributed by atoms with Gasteiger partial charge < -0.3 is 25.4 Å². The number of nitrogens with zero attached hydrogens (tertiary/aromatic N) is 3. The van der Waals surface area contributed by atoms with Gasteiger partial charge in [0.15, 0.2) is 23.1 Å². The lowest BCUT2D eigenvalue weighted by molar-refractivity contribution is 0.174. The number of hydrogen-bond acceptors (Lipinski definition) is 7. The molecule has 0 spiro atoms. The molecule has 0 fully saturated rings. The van der Waals surface area contributed by atoms with E-state index in [0.717, 1.165) is 11.4 Å². The fourth-order valence-electron chi connectivity index (χ4n) is 2.83. The van der Waals surface area contributed by atoms with Crippen molar-refractivity contribution in [2.45, 2.75) is 6.54 Å². The highest BCUT2D eigenvalue weighted by Gasteiger charge is 2.16. The lowest BCUT2D eigenvalue weighted by Gasteiger charge is -2.21. The second-order valence-corrected chi connectivity index (χ2v) is 5.99.